The van der Waals surface area contributed by atoms with Crippen LogP contribution < -0.4 is 25.4 Å². The molecule has 1 heterocycles. The molecule has 244 valence electrons. The Kier molecular flexibility index (Phi) is 11.3. The lowest BCUT2D eigenvalue weighted by Crippen LogP contribution is -2.30. The summed E-state index contributed by atoms with van der Waals surface area (Å²) in [5.74, 6) is -0.0920. The van der Waals surface area contributed by atoms with Crippen molar-refractivity contribution in [2.45, 2.75) is 24.0 Å². The maximum atomic E-state index is 13.5. The number of benzene rings is 4. The smallest absolute Gasteiger partial charge is 0.272 e. The second kappa shape index (κ2) is 15.9. The molecular formula is C37H34N4O5S2. The van der Waals surface area contributed by atoms with E-state index in [1.807, 2.05) is 62.4 Å². The third kappa shape index (κ3) is 8.69. The minimum absolute atomic E-state index is 0.0349. The number of aromatic nitrogens is 1. The minimum Gasteiger partial charge on any atom is -0.493 e. The minimum atomic E-state index is -0.518. The van der Waals surface area contributed by atoms with Crippen molar-refractivity contribution in [2.75, 3.05) is 24.9 Å². The van der Waals surface area contributed by atoms with Crippen molar-refractivity contribution in [3.8, 4) is 22.8 Å². The number of methoxy groups -OCH3 is 2. The summed E-state index contributed by atoms with van der Waals surface area (Å²) in [5, 5.41) is 8.68. The molecule has 1 atom stereocenters. The number of nitrogens with zero attached hydrogens (tertiary/aromatic N) is 1. The lowest BCUT2D eigenvalue weighted by atomic mass is 10.1. The van der Waals surface area contributed by atoms with Crippen LogP contribution in [0.2, 0.25) is 0 Å². The number of anilines is 2. The number of carbonyl (C=O) groups excluding carboxylic acids is 3. The summed E-state index contributed by atoms with van der Waals surface area (Å²) in [4.78, 5) is 46.0. The molecule has 5 aromatic rings. The molecule has 0 aliphatic heterocycles. The predicted molar refractivity (Wildman–Crippen MR) is 193 cm³/mol. The fourth-order valence-corrected chi connectivity index (χ4v) is 6.35. The SMILES string of the molecule is COc1ccc(/C=C(\NC(=O)c2ccccc2)C(=O)Nc2ccc(SC(C)C(=O)Nc3nc(-c4ccccc4)c(C)s3)cc2)cc1OC. The molecule has 4 aromatic carbocycles. The second-order valence-corrected chi connectivity index (χ2v) is 13.1. The average Bonchev–Trinajstić information content (AvgIpc) is 3.48. The Labute approximate surface area is 287 Å². The monoisotopic (exact) mass is 678 g/mol. The molecule has 0 fully saturated rings. The summed E-state index contributed by atoms with van der Waals surface area (Å²) in [6.07, 6.45) is 1.56. The molecule has 0 spiro atoms. The number of rotatable bonds is 12. The maximum absolute atomic E-state index is 13.5. The molecule has 1 unspecified atom stereocenters. The number of thiazole rings is 1. The van der Waals surface area contributed by atoms with Crippen LogP contribution in [-0.2, 0) is 9.59 Å². The summed E-state index contributed by atoms with van der Waals surface area (Å²) in [5.41, 5.74) is 3.44. The van der Waals surface area contributed by atoms with Crippen molar-refractivity contribution in [3.05, 3.63) is 125 Å². The first-order chi connectivity index (χ1) is 23.2. The van der Waals surface area contributed by atoms with E-state index in [0.29, 0.717) is 33.4 Å². The van der Waals surface area contributed by atoms with E-state index in [0.717, 1.165) is 21.0 Å². The van der Waals surface area contributed by atoms with E-state index in [1.165, 1.54) is 37.3 Å². The van der Waals surface area contributed by atoms with Crippen LogP contribution in [0.1, 0.15) is 27.7 Å². The summed E-state index contributed by atoms with van der Waals surface area (Å²) in [7, 11) is 3.06. The lowest BCUT2D eigenvalue weighted by molar-refractivity contribution is -0.115. The number of carbonyl (C=O) groups is 3. The van der Waals surface area contributed by atoms with Gasteiger partial charge < -0.3 is 25.4 Å². The van der Waals surface area contributed by atoms with E-state index in [2.05, 4.69) is 20.9 Å². The first kappa shape index (κ1) is 34.0. The van der Waals surface area contributed by atoms with Crippen LogP contribution in [0.15, 0.2) is 114 Å². The van der Waals surface area contributed by atoms with Gasteiger partial charge in [0.2, 0.25) is 5.91 Å². The van der Waals surface area contributed by atoms with E-state index in [-0.39, 0.29) is 11.6 Å². The van der Waals surface area contributed by atoms with Crippen LogP contribution in [0.3, 0.4) is 0 Å². The van der Waals surface area contributed by atoms with Gasteiger partial charge in [-0.15, -0.1) is 23.1 Å². The molecule has 9 nitrogen and oxygen atoms in total. The molecule has 48 heavy (non-hydrogen) atoms. The number of hydrogen-bond donors (Lipinski definition) is 3. The van der Waals surface area contributed by atoms with E-state index in [9.17, 15) is 14.4 Å². The molecule has 0 radical (unpaired) electrons. The van der Waals surface area contributed by atoms with E-state index in [4.69, 9.17) is 9.47 Å². The number of amides is 3. The average molecular weight is 679 g/mol. The number of nitrogens with one attached hydrogen (secondary N) is 3. The zero-order chi connectivity index (χ0) is 34.0. The molecule has 3 amide bonds. The molecule has 11 heteroatoms. The Morgan fingerprint density at radius 1 is 0.833 bits per heavy atom. The molecule has 0 saturated heterocycles. The first-order valence-corrected chi connectivity index (χ1v) is 16.7. The molecule has 0 bridgehead atoms. The van der Waals surface area contributed by atoms with Gasteiger partial charge >= 0.3 is 0 Å². The fraction of sp³-hybridized carbons (Fsp3) is 0.135. The summed E-state index contributed by atoms with van der Waals surface area (Å²) < 4.78 is 10.7. The van der Waals surface area contributed by atoms with Gasteiger partial charge in [-0.2, -0.15) is 0 Å². The fourth-order valence-electron chi connectivity index (χ4n) is 4.65. The summed E-state index contributed by atoms with van der Waals surface area (Å²) in [6.45, 7) is 3.81. The quantitative estimate of drug-likeness (QED) is 0.0916. The zero-order valence-corrected chi connectivity index (χ0v) is 28.4. The van der Waals surface area contributed by atoms with Gasteiger partial charge in [0.25, 0.3) is 11.8 Å². The molecule has 1 aromatic heterocycles. The third-order valence-electron chi connectivity index (χ3n) is 7.12. The van der Waals surface area contributed by atoms with Crippen molar-refractivity contribution in [3.63, 3.8) is 0 Å². The van der Waals surface area contributed by atoms with Crippen molar-refractivity contribution in [1.82, 2.24) is 10.3 Å². The Hall–Kier alpha value is -5.39. The highest BCUT2D eigenvalue weighted by molar-refractivity contribution is 8.00. The van der Waals surface area contributed by atoms with Crippen LogP contribution in [0.25, 0.3) is 17.3 Å². The van der Waals surface area contributed by atoms with Crippen LogP contribution in [-0.4, -0.2) is 42.2 Å². The zero-order valence-electron chi connectivity index (χ0n) is 26.8. The van der Waals surface area contributed by atoms with Gasteiger partial charge in [-0.05, 0) is 74.0 Å². The molecular weight excluding hydrogens is 645 g/mol. The number of aryl methyl sites for hydroxylation is 1. The highest BCUT2D eigenvalue weighted by Crippen LogP contribution is 2.32. The third-order valence-corrected chi connectivity index (χ3v) is 9.11. The van der Waals surface area contributed by atoms with Crippen LogP contribution in [0, 0.1) is 6.92 Å². The largest absolute Gasteiger partial charge is 0.493 e. The van der Waals surface area contributed by atoms with Crippen molar-refractivity contribution >= 4 is 57.7 Å². The molecule has 0 saturated carbocycles. The molecule has 3 N–H and O–H groups in total. The van der Waals surface area contributed by atoms with E-state index >= 15 is 0 Å². The van der Waals surface area contributed by atoms with Gasteiger partial charge in [0.05, 0.1) is 25.2 Å². The molecule has 0 aliphatic rings. The van der Waals surface area contributed by atoms with E-state index < -0.39 is 17.1 Å². The Morgan fingerprint density at radius 2 is 1.50 bits per heavy atom. The molecule has 0 aliphatic carbocycles. The predicted octanol–water partition coefficient (Wildman–Crippen LogP) is 7.66. The lowest BCUT2D eigenvalue weighted by Gasteiger charge is -2.13. The Balaban J connectivity index is 1.25. The number of hydrogen-bond acceptors (Lipinski definition) is 8. The highest BCUT2D eigenvalue weighted by Gasteiger charge is 2.19. The Morgan fingerprint density at radius 3 is 2.17 bits per heavy atom. The van der Waals surface area contributed by atoms with Crippen molar-refractivity contribution in [1.29, 1.82) is 0 Å². The maximum Gasteiger partial charge on any atom is 0.272 e. The van der Waals surface area contributed by atoms with Gasteiger partial charge in [-0.1, -0.05) is 54.6 Å². The normalized spacial score (nSPS) is 11.7. The van der Waals surface area contributed by atoms with Gasteiger partial charge in [0.1, 0.15) is 5.70 Å². The topological polar surface area (TPSA) is 119 Å². The second-order valence-electron chi connectivity index (χ2n) is 10.5. The number of ether oxygens (including phenoxy) is 2. The molecule has 5 rings (SSSR count). The van der Waals surface area contributed by atoms with Gasteiger partial charge in [-0.25, -0.2) is 4.98 Å². The first-order valence-electron chi connectivity index (χ1n) is 15.0. The Bertz CT molecular complexity index is 1930. The highest BCUT2D eigenvalue weighted by atomic mass is 32.2. The van der Waals surface area contributed by atoms with Gasteiger partial charge in [0.15, 0.2) is 16.6 Å². The van der Waals surface area contributed by atoms with Crippen molar-refractivity contribution in [2.24, 2.45) is 0 Å². The van der Waals surface area contributed by atoms with Gasteiger partial charge in [0, 0.05) is 26.6 Å². The standard InChI is InChI=1S/C37H34N4O5S2/c1-23-33(26-11-7-5-8-12-26)40-37(48-23)41-34(42)24(2)47-29-18-16-28(17-19-29)38-36(44)30(39-35(43)27-13-9-6-10-14-27)21-25-15-20-31(45-3)32(22-25)46-4/h5-22,24H,1-4H3,(H,38,44)(H,39,43)(H,40,41,42)/b30-21-. The number of thioether (sulfide) groups is 1. The summed E-state index contributed by atoms with van der Waals surface area (Å²) in [6, 6.07) is 30.8. The summed E-state index contributed by atoms with van der Waals surface area (Å²) >= 11 is 2.83. The van der Waals surface area contributed by atoms with Crippen LogP contribution in [0.5, 0.6) is 11.5 Å². The van der Waals surface area contributed by atoms with E-state index in [1.54, 1.807) is 60.7 Å². The van der Waals surface area contributed by atoms with Crippen LogP contribution in [0.4, 0.5) is 10.8 Å². The van der Waals surface area contributed by atoms with Crippen LogP contribution >= 0.6 is 23.1 Å². The van der Waals surface area contributed by atoms with Gasteiger partial charge in [-0.3, -0.25) is 14.4 Å². The van der Waals surface area contributed by atoms with Crippen molar-refractivity contribution < 1.29 is 23.9 Å².